The van der Waals surface area contributed by atoms with Crippen LogP contribution in [0.25, 0.3) is 0 Å². The first-order chi connectivity index (χ1) is 22.2. The van der Waals surface area contributed by atoms with Gasteiger partial charge in [0.15, 0.2) is 12.6 Å². The van der Waals surface area contributed by atoms with E-state index in [4.69, 9.17) is 23.7 Å². The third-order valence-corrected chi connectivity index (χ3v) is 8.71. The molecule has 2 fully saturated rings. The molecule has 1 N–H and O–H groups in total. The van der Waals surface area contributed by atoms with Crippen molar-refractivity contribution in [3.05, 3.63) is 114 Å². The van der Waals surface area contributed by atoms with E-state index in [0.29, 0.717) is 38.5 Å². The molecule has 238 valence electrons. The second kappa shape index (κ2) is 15.5. The van der Waals surface area contributed by atoms with Gasteiger partial charge in [-0.15, -0.1) is 0 Å². The molecular weight excluding hydrogens is 568 g/mol. The molecule has 3 aromatic carbocycles. The first-order valence-electron chi connectivity index (χ1n) is 16.3. The minimum absolute atomic E-state index is 0.200. The Morgan fingerprint density at radius 2 is 1.60 bits per heavy atom. The SMILES string of the molecule is OC(c1ccc(OCCn2ccnc2)cc1)(c1cccc(OC2CCCCO2)c1)C(CCOC1CCCCO1)c1ccccc1. The molecule has 0 bridgehead atoms. The maximum absolute atomic E-state index is 13.1. The second-order valence-electron chi connectivity index (χ2n) is 11.8. The molecule has 6 rings (SSSR count). The van der Waals surface area contributed by atoms with E-state index < -0.39 is 5.60 Å². The fraction of sp³-hybridized carbons (Fsp3) is 0.432. The Kier molecular flexibility index (Phi) is 10.8. The highest BCUT2D eigenvalue weighted by molar-refractivity contribution is 5.46. The summed E-state index contributed by atoms with van der Waals surface area (Å²) < 4.78 is 32.2. The molecule has 2 aliphatic rings. The summed E-state index contributed by atoms with van der Waals surface area (Å²) in [5, 5.41) is 13.1. The summed E-state index contributed by atoms with van der Waals surface area (Å²) in [6.07, 6.45) is 11.6. The van der Waals surface area contributed by atoms with Gasteiger partial charge in [0.05, 0.1) is 26.1 Å². The van der Waals surface area contributed by atoms with Gasteiger partial charge in [0.2, 0.25) is 0 Å². The number of benzene rings is 3. The summed E-state index contributed by atoms with van der Waals surface area (Å²) in [5.74, 6) is 1.09. The summed E-state index contributed by atoms with van der Waals surface area (Å²) in [4.78, 5) is 4.09. The zero-order valence-corrected chi connectivity index (χ0v) is 25.8. The number of ether oxygens (including phenoxy) is 5. The van der Waals surface area contributed by atoms with Crippen LogP contribution in [0.15, 0.2) is 97.6 Å². The molecule has 3 heterocycles. The molecule has 0 amide bonds. The third-order valence-electron chi connectivity index (χ3n) is 8.71. The zero-order chi connectivity index (χ0) is 30.7. The molecule has 4 unspecified atom stereocenters. The maximum atomic E-state index is 13.1. The smallest absolute Gasteiger partial charge is 0.199 e. The van der Waals surface area contributed by atoms with Crippen molar-refractivity contribution >= 4 is 0 Å². The molecule has 2 aliphatic heterocycles. The van der Waals surface area contributed by atoms with E-state index in [1.165, 1.54) is 0 Å². The maximum Gasteiger partial charge on any atom is 0.199 e. The molecule has 0 saturated carbocycles. The summed E-state index contributed by atoms with van der Waals surface area (Å²) in [5.41, 5.74) is 1.13. The van der Waals surface area contributed by atoms with Crippen LogP contribution < -0.4 is 9.47 Å². The highest BCUT2D eigenvalue weighted by atomic mass is 16.7. The Morgan fingerprint density at radius 3 is 2.31 bits per heavy atom. The number of hydrogen-bond acceptors (Lipinski definition) is 7. The van der Waals surface area contributed by atoms with Crippen molar-refractivity contribution < 1.29 is 28.8 Å². The monoisotopic (exact) mass is 612 g/mol. The molecule has 45 heavy (non-hydrogen) atoms. The van der Waals surface area contributed by atoms with Crippen molar-refractivity contribution in [3.8, 4) is 11.5 Å². The van der Waals surface area contributed by atoms with Gasteiger partial charge in [-0.1, -0.05) is 54.6 Å². The first kappa shape index (κ1) is 31.3. The molecule has 4 atom stereocenters. The van der Waals surface area contributed by atoms with E-state index in [1.54, 1.807) is 12.5 Å². The Labute approximate surface area is 265 Å². The van der Waals surface area contributed by atoms with Crippen LogP contribution in [0.1, 0.15) is 67.6 Å². The van der Waals surface area contributed by atoms with Crippen LogP contribution in [0.2, 0.25) is 0 Å². The Hall–Kier alpha value is -3.69. The van der Waals surface area contributed by atoms with Gasteiger partial charge in [0.25, 0.3) is 0 Å². The van der Waals surface area contributed by atoms with Gasteiger partial charge in [-0.2, -0.15) is 0 Å². The van der Waals surface area contributed by atoms with Crippen molar-refractivity contribution in [1.29, 1.82) is 0 Å². The summed E-state index contributed by atoms with van der Waals surface area (Å²) in [6.45, 7) is 3.09. The molecule has 0 spiro atoms. The number of hydrogen-bond donors (Lipinski definition) is 1. The number of rotatable bonds is 14. The van der Waals surface area contributed by atoms with Crippen LogP contribution in [0, 0.1) is 0 Å². The van der Waals surface area contributed by atoms with Gasteiger partial charge < -0.3 is 33.4 Å². The van der Waals surface area contributed by atoms with E-state index in [0.717, 1.165) is 67.6 Å². The topological polar surface area (TPSA) is 84.2 Å². The van der Waals surface area contributed by atoms with Gasteiger partial charge in [-0.05, 0) is 79.5 Å². The summed E-state index contributed by atoms with van der Waals surface area (Å²) in [6, 6.07) is 25.8. The lowest BCUT2D eigenvalue weighted by Gasteiger charge is -2.38. The largest absolute Gasteiger partial charge is 0.492 e. The van der Waals surface area contributed by atoms with Crippen molar-refractivity contribution in [1.82, 2.24) is 9.55 Å². The predicted molar refractivity (Wildman–Crippen MR) is 171 cm³/mol. The van der Waals surface area contributed by atoms with Crippen molar-refractivity contribution in [3.63, 3.8) is 0 Å². The van der Waals surface area contributed by atoms with Crippen LogP contribution in [0.3, 0.4) is 0 Å². The minimum atomic E-state index is -1.40. The molecule has 4 aromatic rings. The van der Waals surface area contributed by atoms with Crippen molar-refractivity contribution in [2.75, 3.05) is 26.4 Å². The lowest BCUT2D eigenvalue weighted by atomic mass is 9.71. The number of nitrogens with zero attached hydrogens (tertiary/aromatic N) is 2. The van der Waals surface area contributed by atoms with E-state index in [9.17, 15) is 5.11 Å². The zero-order valence-electron chi connectivity index (χ0n) is 25.8. The lowest BCUT2D eigenvalue weighted by molar-refractivity contribution is -0.164. The Morgan fingerprint density at radius 1 is 0.822 bits per heavy atom. The van der Waals surface area contributed by atoms with Crippen molar-refractivity contribution in [2.45, 2.75) is 75.6 Å². The van der Waals surface area contributed by atoms with Gasteiger partial charge in [0, 0.05) is 31.3 Å². The van der Waals surface area contributed by atoms with Crippen molar-refractivity contribution in [2.24, 2.45) is 0 Å². The molecular formula is C37H44N2O6. The van der Waals surface area contributed by atoms with Gasteiger partial charge >= 0.3 is 0 Å². The number of aliphatic hydroxyl groups is 1. The average Bonchev–Trinajstić information content (AvgIpc) is 3.62. The van der Waals surface area contributed by atoms with Gasteiger partial charge in [-0.25, -0.2) is 4.98 Å². The summed E-state index contributed by atoms with van der Waals surface area (Å²) >= 11 is 0. The van der Waals surface area contributed by atoms with Crippen LogP contribution in [-0.4, -0.2) is 53.7 Å². The Balaban J connectivity index is 1.30. The number of imidazole rings is 1. The van der Waals surface area contributed by atoms with E-state index in [-0.39, 0.29) is 18.5 Å². The minimum Gasteiger partial charge on any atom is -0.492 e. The fourth-order valence-electron chi connectivity index (χ4n) is 6.29. The normalized spacial score (nSPS) is 20.6. The molecule has 2 saturated heterocycles. The quantitative estimate of drug-likeness (QED) is 0.167. The Bertz CT molecular complexity index is 1420. The summed E-state index contributed by atoms with van der Waals surface area (Å²) in [7, 11) is 0. The molecule has 1 aromatic heterocycles. The van der Waals surface area contributed by atoms with Crippen LogP contribution in [0.4, 0.5) is 0 Å². The lowest BCUT2D eigenvalue weighted by Crippen LogP contribution is -2.36. The highest BCUT2D eigenvalue weighted by Crippen LogP contribution is 2.46. The highest BCUT2D eigenvalue weighted by Gasteiger charge is 2.41. The van der Waals surface area contributed by atoms with E-state index >= 15 is 0 Å². The van der Waals surface area contributed by atoms with Crippen LogP contribution in [-0.2, 0) is 26.4 Å². The van der Waals surface area contributed by atoms with Gasteiger partial charge in [0.1, 0.15) is 23.7 Å². The molecule has 8 nitrogen and oxygen atoms in total. The standard InChI is InChI=1S/C37H44N2O6/c40-37(31-11-8-12-33(27-31)45-36-14-5-7-24-43-36,30-15-17-32(18-16-30)41-26-22-39-21-20-38-28-39)34(29-9-2-1-3-10-29)19-25-44-35-13-4-6-23-42-35/h1-3,8-12,15-18,20-21,27-28,34-36,40H,4-7,13-14,19,22-26H2. The average molecular weight is 613 g/mol. The first-order valence-corrected chi connectivity index (χ1v) is 16.3. The van der Waals surface area contributed by atoms with E-state index in [2.05, 4.69) is 17.1 Å². The van der Waals surface area contributed by atoms with E-state index in [1.807, 2.05) is 77.5 Å². The predicted octanol–water partition coefficient (Wildman–Crippen LogP) is 6.82. The third kappa shape index (κ3) is 8.13. The van der Waals surface area contributed by atoms with Crippen LogP contribution >= 0.6 is 0 Å². The van der Waals surface area contributed by atoms with Crippen LogP contribution in [0.5, 0.6) is 11.5 Å². The van der Waals surface area contributed by atoms with Gasteiger partial charge in [-0.3, -0.25) is 0 Å². The molecule has 0 aliphatic carbocycles. The fourth-order valence-corrected chi connectivity index (χ4v) is 6.29. The second-order valence-corrected chi connectivity index (χ2v) is 11.8. The molecule has 0 radical (unpaired) electrons. The number of aromatic nitrogens is 2. The molecule has 8 heteroatoms.